The molecule has 1 aromatic heterocycles. The Labute approximate surface area is 158 Å². The molecule has 0 aliphatic rings. The highest BCUT2D eigenvalue weighted by Crippen LogP contribution is 2.12. The van der Waals surface area contributed by atoms with E-state index in [2.05, 4.69) is 15.6 Å². The zero-order valence-electron chi connectivity index (χ0n) is 15.8. The third-order valence-corrected chi connectivity index (χ3v) is 3.88. The molecule has 1 aromatic carbocycles. The van der Waals surface area contributed by atoms with Gasteiger partial charge in [0.15, 0.2) is 5.78 Å². The van der Waals surface area contributed by atoms with E-state index in [9.17, 15) is 14.4 Å². The molecule has 0 bridgehead atoms. The predicted octanol–water partition coefficient (Wildman–Crippen LogP) is 2.22. The maximum absolute atomic E-state index is 12.4. The highest BCUT2D eigenvalue weighted by atomic mass is 16.2. The number of nitrogens with zero attached hydrogens (tertiary/aromatic N) is 2. The molecule has 0 spiro atoms. The van der Waals surface area contributed by atoms with E-state index < -0.39 is 0 Å². The summed E-state index contributed by atoms with van der Waals surface area (Å²) in [6.07, 6.45) is 3.67. The van der Waals surface area contributed by atoms with Crippen molar-refractivity contribution in [3.63, 3.8) is 0 Å². The average Bonchev–Trinajstić information content (AvgIpc) is 2.65. The number of ketones is 1. The number of benzene rings is 1. The number of carbonyl (C=O) groups is 3. The van der Waals surface area contributed by atoms with Crippen LogP contribution in [0.4, 0.5) is 5.69 Å². The lowest BCUT2D eigenvalue weighted by atomic mass is 10.1. The normalized spacial score (nSPS) is 10.5. The molecule has 27 heavy (non-hydrogen) atoms. The standard InChI is InChI=1S/C20H24N4O3/c1-14(25)15-5-7-18(8-6-15)23-20(27)17-11-16(12-21-13-17)19(26)22-9-4-10-24(2)3/h5-8,11-13H,4,9-10H2,1-3H3,(H,22,26)(H,23,27). The second-order valence-corrected chi connectivity index (χ2v) is 6.46. The van der Waals surface area contributed by atoms with Gasteiger partial charge in [-0.15, -0.1) is 0 Å². The number of rotatable bonds is 8. The van der Waals surface area contributed by atoms with Gasteiger partial charge in [0.25, 0.3) is 11.8 Å². The summed E-state index contributed by atoms with van der Waals surface area (Å²) >= 11 is 0. The van der Waals surface area contributed by atoms with E-state index in [-0.39, 0.29) is 23.2 Å². The van der Waals surface area contributed by atoms with E-state index in [0.717, 1.165) is 13.0 Å². The molecular formula is C20H24N4O3. The molecule has 2 amide bonds. The molecule has 0 aliphatic heterocycles. The summed E-state index contributed by atoms with van der Waals surface area (Å²) in [6, 6.07) is 8.11. The summed E-state index contributed by atoms with van der Waals surface area (Å²) in [5.41, 5.74) is 1.75. The molecule has 1 heterocycles. The Morgan fingerprint density at radius 3 is 2.19 bits per heavy atom. The average molecular weight is 368 g/mol. The lowest BCUT2D eigenvalue weighted by molar-refractivity contribution is 0.0951. The van der Waals surface area contributed by atoms with Crippen LogP contribution in [0.1, 0.15) is 44.4 Å². The molecule has 2 rings (SSSR count). The minimum atomic E-state index is -0.375. The second kappa shape index (κ2) is 9.59. The van der Waals surface area contributed by atoms with Crippen molar-refractivity contribution < 1.29 is 14.4 Å². The summed E-state index contributed by atoms with van der Waals surface area (Å²) in [4.78, 5) is 41.9. The Hall–Kier alpha value is -3.06. The quantitative estimate of drug-likeness (QED) is 0.551. The van der Waals surface area contributed by atoms with Gasteiger partial charge in [-0.05, 0) is 64.3 Å². The van der Waals surface area contributed by atoms with E-state index in [4.69, 9.17) is 0 Å². The van der Waals surface area contributed by atoms with Crippen molar-refractivity contribution in [2.24, 2.45) is 0 Å². The number of anilines is 1. The molecular weight excluding hydrogens is 344 g/mol. The Balaban J connectivity index is 1.98. The second-order valence-electron chi connectivity index (χ2n) is 6.46. The van der Waals surface area contributed by atoms with E-state index in [1.807, 2.05) is 19.0 Å². The number of Topliss-reactive ketones (excluding diaryl/α,β-unsaturated/α-hetero) is 1. The summed E-state index contributed by atoms with van der Waals surface area (Å²) in [5.74, 6) is -0.677. The summed E-state index contributed by atoms with van der Waals surface area (Å²) in [5, 5.41) is 5.55. The van der Waals surface area contributed by atoms with Gasteiger partial charge in [0.2, 0.25) is 0 Å². The van der Waals surface area contributed by atoms with Crippen LogP contribution in [0.3, 0.4) is 0 Å². The number of hydrogen-bond acceptors (Lipinski definition) is 5. The van der Waals surface area contributed by atoms with Gasteiger partial charge >= 0.3 is 0 Å². The predicted molar refractivity (Wildman–Crippen MR) is 104 cm³/mol. The smallest absolute Gasteiger partial charge is 0.257 e. The fraction of sp³-hybridized carbons (Fsp3) is 0.300. The fourth-order valence-electron chi connectivity index (χ4n) is 2.38. The SMILES string of the molecule is CC(=O)c1ccc(NC(=O)c2cncc(C(=O)NCCCN(C)C)c2)cc1. The Bertz CT molecular complexity index is 816. The van der Waals surface area contributed by atoms with Gasteiger partial charge in [-0.25, -0.2) is 0 Å². The fourth-order valence-corrected chi connectivity index (χ4v) is 2.38. The third-order valence-electron chi connectivity index (χ3n) is 3.88. The number of pyridine rings is 1. The molecule has 2 N–H and O–H groups in total. The number of amides is 2. The molecule has 0 aliphatic carbocycles. The Morgan fingerprint density at radius 1 is 0.963 bits per heavy atom. The number of hydrogen-bond donors (Lipinski definition) is 2. The van der Waals surface area contributed by atoms with Crippen LogP contribution < -0.4 is 10.6 Å². The third kappa shape index (κ3) is 6.31. The first-order valence-electron chi connectivity index (χ1n) is 8.67. The van der Waals surface area contributed by atoms with Gasteiger partial charge in [0.1, 0.15) is 0 Å². The van der Waals surface area contributed by atoms with Crippen LogP contribution in [-0.2, 0) is 0 Å². The van der Waals surface area contributed by atoms with E-state index in [1.165, 1.54) is 25.4 Å². The van der Waals surface area contributed by atoms with Crippen LogP contribution in [0.5, 0.6) is 0 Å². The van der Waals surface area contributed by atoms with Crippen molar-refractivity contribution in [2.45, 2.75) is 13.3 Å². The van der Waals surface area contributed by atoms with E-state index >= 15 is 0 Å². The maximum Gasteiger partial charge on any atom is 0.257 e. The molecule has 0 fully saturated rings. The van der Waals surface area contributed by atoms with Gasteiger partial charge in [-0.3, -0.25) is 19.4 Å². The van der Waals surface area contributed by atoms with Crippen LogP contribution in [0.25, 0.3) is 0 Å². The lowest BCUT2D eigenvalue weighted by Crippen LogP contribution is -2.27. The maximum atomic E-state index is 12.4. The van der Waals surface area contributed by atoms with Crippen LogP contribution in [-0.4, -0.2) is 54.7 Å². The molecule has 0 unspecified atom stereocenters. The summed E-state index contributed by atoms with van der Waals surface area (Å²) in [6.45, 7) is 2.91. The zero-order chi connectivity index (χ0) is 19.8. The molecule has 0 radical (unpaired) electrons. The monoisotopic (exact) mass is 368 g/mol. The lowest BCUT2D eigenvalue weighted by Gasteiger charge is -2.10. The molecule has 2 aromatic rings. The topological polar surface area (TPSA) is 91.4 Å². The Kier molecular flexibility index (Phi) is 7.19. The largest absolute Gasteiger partial charge is 0.352 e. The van der Waals surface area contributed by atoms with Crippen molar-refractivity contribution in [1.82, 2.24) is 15.2 Å². The van der Waals surface area contributed by atoms with Crippen LogP contribution in [0, 0.1) is 0 Å². The van der Waals surface area contributed by atoms with Crippen LogP contribution in [0.15, 0.2) is 42.7 Å². The van der Waals surface area contributed by atoms with Crippen molar-refractivity contribution in [3.05, 3.63) is 59.4 Å². The molecule has 0 saturated carbocycles. The molecule has 142 valence electrons. The van der Waals surface area contributed by atoms with Gasteiger partial charge in [0, 0.05) is 30.2 Å². The Morgan fingerprint density at radius 2 is 1.59 bits per heavy atom. The van der Waals surface area contributed by atoms with Crippen molar-refractivity contribution >= 4 is 23.3 Å². The van der Waals surface area contributed by atoms with Gasteiger partial charge in [-0.2, -0.15) is 0 Å². The number of nitrogens with one attached hydrogen (secondary N) is 2. The van der Waals surface area contributed by atoms with Crippen molar-refractivity contribution in [3.8, 4) is 0 Å². The van der Waals surface area contributed by atoms with Crippen LogP contribution in [0.2, 0.25) is 0 Å². The highest BCUT2D eigenvalue weighted by molar-refractivity contribution is 6.06. The van der Waals surface area contributed by atoms with Crippen LogP contribution >= 0.6 is 0 Å². The minimum absolute atomic E-state index is 0.0404. The molecule has 7 heteroatoms. The van der Waals surface area contributed by atoms with Gasteiger partial charge < -0.3 is 15.5 Å². The highest BCUT2D eigenvalue weighted by Gasteiger charge is 2.12. The zero-order valence-corrected chi connectivity index (χ0v) is 15.8. The van der Waals surface area contributed by atoms with Crippen molar-refractivity contribution in [1.29, 1.82) is 0 Å². The first-order valence-corrected chi connectivity index (χ1v) is 8.67. The van der Waals surface area contributed by atoms with E-state index in [0.29, 0.717) is 23.4 Å². The number of aromatic nitrogens is 1. The minimum Gasteiger partial charge on any atom is -0.352 e. The first kappa shape index (κ1) is 20.3. The van der Waals surface area contributed by atoms with Gasteiger partial charge in [-0.1, -0.05) is 0 Å². The van der Waals surface area contributed by atoms with Gasteiger partial charge in [0.05, 0.1) is 11.1 Å². The summed E-state index contributed by atoms with van der Waals surface area (Å²) < 4.78 is 0. The number of carbonyl (C=O) groups excluding carboxylic acids is 3. The molecule has 0 saturated heterocycles. The van der Waals surface area contributed by atoms with E-state index in [1.54, 1.807) is 24.3 Å². The molecule has 0 atom stereocenters. The van der Waals surface area contributed by atoms with Crippen molar-refractivity contribution in [2.75, 3.05) is 32.5 Å². The molecule has 7 nitrogen and oxygen atoms in total. The first-order chi connectivity index (χ1) is 12.9. The summed E-state index contributed by atoms with van der Waals surface area (Å²) in [7, 11) is 3.95.